The molecule has 0 spiro atoms. The average Bonchev–Trinajstić information content (AvgIpc) is 2.69. The molecule has 2 aromatic carbocycles. The molecule has 1 aliphatic heterocycles. The van der Waals surface area contributed by atoms with Crippen LogP contribution in [0.15, 0.2) is 42.5 Å². The molecule has 1 atom stereocenters. The number of benzene rings is 2. The Morgan fingerprint density at radius 3 is 2.39 bits per heavy atom. The van der Waals surface area contributed by atoms with Gasteiger partial charge in [0.15, 0.2) is 0 Å². The lowest BCUT2D eigenvalue weighted by Gasteiger charge is -2.37. The van der Waals surface area contributed by atoms with Crippen molar-refractivity contribution in [3.8, 4) is 11.5 Å². The SMILES string of the molecule is COc1ccccc1N1CCN(CC(O)COc2ccc(C)c(C)c2)CC1.[Cl-]. The van der Waals surface area contributed by atoms with Gasteiger partial charge in [-0.25, -0.2) is 0 Å². The summed E-state index contributed by atoms with van der Waals surface area (Å²) in [7, 11) is 1.71. The van der Waals surface area contributed by atoms with Crippen molar-refractivity contribution in [1.82, 2.24) is 4.90 Å². The zero-order valence-electron chi connectivity index (χ0n) is 16.9. The first-order valence-electron chi connectivity index (χ1n) is 9.55. The van der Waals surface area contributed by atoms with Crippen LogP contribution in [0, 0.1) is 13.8 Å². The maximum absolute atomic E-state index is 10.4. The molecule has 0 aliphatic carbocycles. The van der Waals surface area contributed by atoms with Crippen molar-refractivity contribution < 1.29 is 27.0 Å². The van der Waals surface area contributed by atoms with Gasteiger partial charge in [0.25, 0.3) is 0 Å². The van der Waals surface area contributed by atoms with Gasteiger partial charge < -0.3 is 31.9 Å². The molecule has 1 saturated heterocycles. The number of aliphatic hydroxyl groups excluding tert-OH is 1. The van der Waals surface area contributed by atoms with Crippen LogP contribution in [0.3, 0.4) is 0 Å². The highest BCUT2D eigenvalue weighted by Crippen LogP contribution is 2.28. The molecule has 0 radical (unpaired) electrons. The number of rotatable bonds is 7. The quantitative estimate of drug-likeness (QED) is 0.695. The van der Waals surface area contributed by atoms with E-state index in [1.807, 2.05) is 36.4 Å². The molecule has 0 amide bonds. The minimum atomic E-state index is -0.496. The lowest BCUT2D eigenvalue weighted by molar-refractivity contribution is -0.00000814. The van der Waals surface area contributed by atoms with Gasteiger partial charge in [0, 0.05) is 32.7 Å². The Morgan fingerprint density at radius 1 is 1.00 bits per heavy atom. The minimum absolute atomic E-state index is 0. The second kappa shape index (κ2) is 10.6. The molecule has 28 heavy (non-hydrogen) atoms. The van der Waals surface area contributed by atoms with Crippen molar-refractivity contribution in [1.29, 1.82) is 0 Å². The highest BCUT2D eigenvalue weighted by Gasteiger charge is 2.21. The number of halogens is 1. The second-order valence-corrected chi connectivity index (χ2v) is 7.17. The number of β-amino-alcohol motifs (C(OH)–C–C–N with tert-alkyl or cyclic N) is 1. The Kier molecular flexibility index (Phi) is 8.42. The van der Waals surface area contributed by atoms with Crippen LogP contribution in [0.25, 0.3) is 0 Å². The van der Waals surface area contributed by atoms with E-state index in [1.165, 1.54) is 11.1 Å². The predicted octanol–water partition coefficient (Wildman–Crippen LogP) is -0.122. The van der Waals surface area contributed by atoms with Gasteiger partial charge in [0.1, 0.15) is 24.2 Å². The Morgan fingerprint density at radius 2 is 1.71 bits per heavy atom. The van der Waals surface area contributed by atoms with Gasteiger partial charge >= 0.3 is 0 Å². The first-order chi connectivity index (χ1) is 13.1. The molecule has 0 saturated carbocycles. The maximum Gasteiger partial charge on any atom is 0.142 e. The molecule has 2 aromatic rings. The van der Waals surface area contributed by atoms with Crippen molar-refractivity contribution in [2.45, 2.75) is 20.0 Å². The number of aryl methyl sites for hydroxylation is 2. The Balaban J connectivity index is 0.00000280. The third kappa shape index (κ3) is 5.77. The topological polar surface area (TPSA) is 45.2 Å². The summed E-state index contributed by atoms with van der Waals surface area (Å²) in [5.41, 5.74) is 3.59. The van der Waals surface area contributed by atoms with Gasteiger partial charge in [0.05, 0.1) is 12.8 Å². The summed E-state index contributed by atoms with van der Waals surface area (Å²) < 4.78 is 11.2. The lowest BCUT2D eigenvalue weighted by atomic mass is 10.1. The maximum atomic E-state index is 10.4. The number of anilines is 1. The second-order valence-electron chi connectivity index (χ2n) is 7.17. The number of aliphatic hydroxyl groups is 1. The van der Waals surface area contributed by atoms with Crippen LogP contribution in [0.1, 0.15) is 11.1 Å². The summed E-state index contributed by atoms with van der Waals surface area (Å²) in [5, 5.41) is 10.4. The fraction of sp³-hybridized carbons (Fsp3) is 0.455. The highest BCUT2D eigenvalue weighted by atomic mass is 35.5. The summed E-state index contributed by atoms with van der Waals surface area (Å²) in [5.74, 6) is 1.73. The fourth-order valence-electron chi connectivity index (χ4n) is 3.41. The van der Waals surface area contributed by atoms with Gasteiger partial charge in [-0.2, -0.15) is 0 Å². The molecule has 154 valence electrons. The average molecular weight is 406 g/mol. The van der Waals surface area contributed by atoms with E-state index in [1.54, 1.807) is 7.11 Å². The van der Waals surface area contributed by atoms with Crippen LogP contribution in [0.4, 0.5) is 5.69 Å². The Bertz CT molecular complexity index is 748. The number of ether oxygens (including phenoxy) is 2. The predicted molar refractivity (Wildman–Crippen MR) is 109 cm³/mol. The van der Waals surface area contributed by atoms with E-state index in [9.17, 15) is 5.11 Å². The third-order valence-corrected chi connectivity index (χ3v) is 5.19. The van der Waals surface area contributed by atoms with Crippen molar-refractivity contribution in [2.24, 2.45) is 0 Å². The van der Waals surface area contributed by atoms with E-state index in [0.717, 1.165) is 43.4 Å². The molecule has 0 bridgehead atoms. The van der Waals surface area contributed by atoms with E-state index in [-0.39, 0.29) is 12.4 Å². The van der Waals surface area contributed by atoms with Crippen molar-refractivity contribution in [3.63, 3.8) is 0 Å². The first kappa shape index (κ1) is 22.3. The normalized spacial score (nSPS) is 15.6. The van der Waals surface area contributed by atoms with E-state index in [0.29, 0.717) is 13.2 Å². The molecule has 3 rings (SSSR count). The third-order valence-electron chi connectivity index (χ3n) is 5.19. The number of hydrogen-bond donors (Lipinski definition) is 1. The van der Waals surface area contributed by atoms with Crippen molar-refractivity contribution >= 4 is 5.69 Å². The molecule has 1 unspecified atom stereocenters. The van der Waals surface area contributed by atoms with Gasteiger partial charge in [-0.3, -0.25) is 4.90 Å². The molecule has 1 heterocycles. The molecule has 6 heteroatoms. The summed E-state index contributed by atoms with van der Waals surface area (Å²) >= 11 is 0. The summed E-state index contributed by atoms with van der Waals surface area (Å²) in [6.45, 7) is 8.77. The summed E-state index contributed by atoms with van der Waals surface area (Å²) in [4.78, 5) is 4.63. The van der Waals surface area contributed by atoms with Gasteiger partial charge in [-0.15, -0.1) is 0 Å². The fourth-order valence-corrected chi connectivity index (χ4v) is 3.41. The monoisotopic (exact) mass is 405 g/mol. The Labute approximate surface area is 174 Å². The van der Waals surface area contributed by atoms with E-state index < -0.39 is 6.10 Å². The van der Waals surface area contributed by atoms with Gasteiger partial charge in [0.2, 0.25) is 0 Å². The molecular weight excluding hydrogens is 376 g/mol. The first-order valence-corrected chi connectivity index (χ1v) is 9.55. The van der Waals surface area contributed by atoms with Crippen molar-refractivity contribution in [2.75, 3.05) is 51.3 Å². The zero-order valence-corrected chi connectivity index (χ0v) is 17.7. The van der Waals surface area contributed by atoms with Gasteiger partial charge in [-0.05, 0) is 49.2 Å². The number of para-hydroxylation sites is 2. The molecule has 1 fully saturated rings. The minimum Gasteiger partial charge on any atom is -1.00 e. The van der Waals surface area contributed by atoms with Crippen LogP contribution < -0.4 is 26.8 Å². The molecule has 0 aromatic heterocycles. The molecular formula is C22H30ClN2O3-. The lowest BCUT2D eigenvalue weighted by Crippen LogP contribution is -3.00. The number of hydrogen-bond acceptors (Lipinski definition) is 5. The van der Waals surface area contributed by atoms with Crippen LogP contribution in [0.2, 0.25) is 0 Å². The zero-order chi connectivity index (χ0) is 19.2. The summed E-state index contributed by atoms with van der Waals surface area (Å²) in [6.07, 6.45) is -0.496. The van der Waals surface area contributed by atoms with E-state index in [4.69, 9.17) is 9.47 Å². The standard InChI is InChI=1S/C22H30N2O3.ClH/c1-17-8-9-20(14-18(17)2)27-16-19(25)15-23-10-12-24(13-11-23)21-6-4-5-7-22(21)26-3;/h4-9,14,19,25H,10-13,15-16H2,1-3H3;1H/p-1. The van der Waals surface area contributed by atoms with Gasteiger partial charge in [-0.1, -0.05) is 18.2 Å². The summed E-state index contributed by atoms with van der Waals surface area (Å²) in [6, 6.07) is 14.2. The van der Waals surface area contributed by atoms with Crippen LogP contribution >= 0.6 is 0 Å². The van der Waals surface area contributed by atoms with Crippen LogP contribution in [0.5, 0.6) is 11.5 Å². The highest BCUT2D eigenvalue weighted by molar-refractivity contribution is 5.58. The smallest absolute Gasteiger partial charge is 0.142 e. The van der Waals surface area contributed by atoms with Crippen LogP contribution in [-0.2, 0) is 0 Å². The molecule has 5 nitrogen and oxygen atoms in total. The Hall–Kier alpha value is -1.95. The van der Waals surface area contributed by atoms with E-state index >= 15 is 0 Å². The number of piperazine rings is 1. The van der Waals surface area contributed by atoms with Crippen molar-refractivity contribution in [3.05, 3.63) is 53.6 Å². The van der Waals surface area contributed by atoms with E-state index in [2.05, 4.69) is 29.7 Å². The molecule has 1 aliphatic rings. The largest absolute Gasteiger partial charge is 1.00 e. The molecule has 1 N–H and O–H groups in total. The van der Waals surface area contributed by atoms with Crippen LogP contribution in [-0.4, -0.2) is 62.6 Å². The number of nitrogens with zero attached hydrogens (tertiary/aromatic N) is 2. The number of methoxy groups -OCH3 is 1.